The Kier molecular flexibility index (Phi) is 4.46. The maximum atomic E-state index is 11.6. The fourth-order valence-corrected chi connectivity index (χ4v) is 4.10. The van der Waals surface area contributed by atoms with Crippen molar-refractivity contribution in [2.24, 2.45) is 0 Å². The van der Waals surface area contributed by atoms with Gasteiger partial charge in [0.15, 0.2) is 0 Å². The molecule has 2 aliphatic rings. The Morgan fingerprint density at radius 3 is 2.50 bits per heavy atom. The van der Waals surface area contributed by atoms with Crippen molar-refractivity contribution in [3.8, 4) is 0 Å². The van der Waals surface area contributed by atoms with Gasteiger partial charge in [0.1, 0.15) is 5.82 Å². The highest BCUT2D eigenvalue weighted by Gasteiger charge is 2.43. The van der Waals surface area contributed by atoms with Gasteiger partial charge in [0.05, 0.1) is 17.0 Å². The van der Waals surface area contributed by atoms with Crippen LogP contribution in [-0.4, -0.2) is 56.2 Å². The van der Waals surface area contributed by atoms with E-state index in [-0.39, 0.29) is 23.6 Å². The summed E-state index contributed by atoms with van der Waals surface area (Å²) in [5.41, 5.74) is 1.07. The molecule has 2 bridgehead atoms. The van der Waals surface area contributed by atoms with E-state index in [1.807, 2.05) is 4.90 Å². The van der Waals surface area contributed by atoms with E-state index in [2.05, 4.69) is 15.3 Å². The number of nitro groups is 1. The van der Waals surface area contributed by atoms with E-state index in [0.29, 0.717) is 30.2 Å². The van der Waals surface area contributed by atoms with E-state index >= 15 is 0 Å². The van der Waals surface area contributed by atoms with Gasteiger partial charge in [-0.1, -0.05) is 0 Å². The van der Waals surface area contributed by atoms with Crippen LogP contribution in [0.3, 0.4) is 0 Å². The summed E-state index contributed by atoms with van der Waals surface area (Å²) < 4.78 is 0. The van der Waals surface area contributed by atoms with Gasteiger partial charge in [-0.25, -0.2) is 9.78 Å². The van der Waals surface area contributed by atoms with Gasteiger partial charge in [0.2, 0.25) is 5.82 Å². The molecule has 0 radical (unpaired) electrons. The van der Waals surface area contributed by atoms with Gasteiger partial charge in [0.25, 0.3) is 0 Å². The van der Waals surface area contributed by atoms with Gasteiger partial charge in [0, 0.05) is 36.7 Å². The number of piperazine rings is 1. The number of carboxylic acid groups (broad SMARTS) is 1. The average molecular weight is 384 g/mol. The standard InChI is InChI=1S/C18H20N6O4/c1-11-8-15(22-9-13-2-3-14(10-22)23(13)18(25)26)21-17(16(11)24(27)28)20-12-4-6-19-7-5-12/h4-8,13-14H,2-3,9-10H2,1H3,(H,25,26)(H,19,20,21)/t13-,14+. The number of hydrogen-bond acceptors (Lipinski definition) is 7. The van der Waals surface area contributed by atoms with E-state index in [1.165, 1.54) is 4.90 Å². The van der Waals surface area contributed by atoms with Crippen LogP contribution in [0, 0.1) is 17.0 Å². The number of rotatable bonds is 4. The molecule has 0 aliphatic carbocycles. The number of nitrogens with one attached hydrogen (secondary N) is 1. The van der Waals surface area contributed by atoms with Crippen LogP contribution in [0.4, 0.5) is 27.8 Å². The first-order chi connectivity index (χ1) is 13.4. The van der Waals surface area contributed by atoms with Crippen LogP contribution in [0.25, 0.3) is 0 Å². The number of carbonyl (C=O) groups is 1. The zero-order valence-corrected chi connectivity index (χ0v) is 15.3. The molecular weight excluding hydrogens is 364 g/mol. The molecule has 0 unspecified atom stereocenters. The summed E-state index contributed by atoms with van der Waals surface area (Å²) in [5.74, 6) is 0.779. The highest BCUT2D eigenvalue weighted by atomic mass is 16.6. The average Bonchev–Trinajstić information content (AvgIpc) is 2.92. The van der Waals surface area contributed by atoms with E-state index in [9.17, 15) is 20.0 Å². The molecule has 10 heteroatoms. The third-order valence-electron chi connectivity index (χ3n) is 5.32. The van der Waals surface area contributed by atoms with Gasteiger partial charge < -0.3 is 15.3 Å². The molecule has 146 valence electrons. The first-order valence-electron chi connectivity index (χ1n) is 9.03. The molecule has 2 aromatic heterocycles. The van der Waals surface area contributed by atoms with Gasteiger partial charge in [-0.2, -0.15) is 0 Å². The fraction of sp³-hybridized carbons (Fsp3) is 0.389. The Morgan fingerprint density at radius 2 is 1.93 bits per heavy atom. The maximum absolute atomic E-state index is 11.6. The van der Waals surface area contributed by atoms with E-state index in [4.69, 9.17) is 0 Å². The number of anilines is 3. The van der Waals surface area contributed by atoms with Gasteiger partial charge in [-0.15, -0.1) is 0 Å². The van der Waals surface area contributed by atoms with Crippen molar-refractivity contribution in [1.29, 1.82) is 0 Å². The Hall–Kier alpha value is -3.43. The molecule has 4 rings (SSSR count). The third-order valence-corrected chi connectivity index (χ3v) is 5.32. The molecule has 4 heterocycles. The predicted molar refractivity (Wildman–Crippen MR) is 102 cm³/mol. The van der Waals surface area contributed by atoms with Crippen molar-refractivity contribution in [3.05, 3.63) is 46.3 Å². The highest BCUT2D eigenvalue weighted by Crippen LogP contribution is 2.36. The van der Waals surface area contributed by atoms with Gasteiger partial charge in [-0.3, -0.25) is 20.0 Å². The van der Waals surface area contributed by atoms with E-state index in [1.54, 1.807) is 37.5 Å². The van der Waals surface area contributed by atoms with Crippen LogP contribution in [-0.2, 0) is 0 Å². The van der Waals surface area contributed by atoms with Crippen LogP contribution in [0.5, 0.6) is 0 Å². The molecule has 2 atom stereocenters. The molecular formula is C18H20N6O4. The molecule has 1 amide bonds. The minimum absolute atomic E-state index is 0.0762. The summed E-state index contributed by atoms with van der Waals surface area (Å²) in [7, 11) is 0. The number of fused-ring (bicyclic) bond motifs is 2. The van der Waals surface area contributed by atoms with Crippen molar-refractivity contribution in [3.63, 3.8) is 0 Å². The van der Waals surface area contributed by atoms with Crippen molar-refractivity contribution in [1.82, 2.24) is 14.9 Å². The molecule has 0 spiro atoms. The zero-order valence-electron chi connectivity index (χ0n) is 15.3. The lowest BCUT2D eigenvalue weighted by Gasteiger charge is -2.40. The van der Waals surface area contributed by atoms with Crippen LogP contribution in [0.1, 0.15) is 18.4 Å². The van der Waals surface area contributed by atoms with Crippen molar-refractivity contribution in [2.45, 2.75) is 31.8 Å². The molecule has 10 nitrogen and oxygen atoms in total. The Balaban J connectivity index is 1.67. The maximum Gasteiger partial charge on any atom is 0.407 e. The molecule has 2 aliphatic heterocycles. The number of aromatic nitrogens is 2. The SMILES string of the molecule is Cc1cc(N2C[C@H]3CC[C@@H](C2)N3C(=O)O)nc(Nc2ccncc2)c1[N+](=O)[O-]. The van der Waals surface area contributed by atoms with Crippen LogP contribution < -0.4 is 10.2 Å². The quantitative estimate of drug-likeness (QED) is 0.609. The number of amides is 1. The second-order valence-corrected chi connectivity index (χ2v) is 7.09. The van der Waals surface area contributed by atoms with Crippen LogP contribution in [0.2, 0.25) is 0 Å². The highest BCUT2D eigenvalue weighted by molar-refractivity contribution is 5.71. The molecule has 2 fully saturated rings. The number of hydrogen-bond donors (Lipinski definition) is 2. The minimum Gasteiger partial charge on any atom is -0.465 e. The molecule has 2 aromatic rings. The fourth-order valence-electron chi connectivity index (χ4n) is 4.10. The molecule has 2 N–H and O–H groups in total. The lowest BCUT2D eigenvalue weighted by molar-refractivity contribution is -0.384. The summed E-state index contributed by atoms with van der Waals surface area (Å²) in [6.45, 7) is 2.74. The molecule has 0 saturated carbocycles. The molecule has 28 heavy (non-hydrogen) atoms. The zero-order chi connectivity index (χ0) is 19.8. The Labute approximate surface area is 161 Å². The van der Waals surface area contributed by atoms with Gasteiger partial charge in [-0.05, 0) is 38.0 Å². The molecule has 0 aromatic carbocycles. The summed E-state index contributed by atoms with van der Waals surface area (Å²) in [6.07, 6.45) is 3.94. The normalized spacial score (nSPS) is 20.9. The summed E-state index contributed by atoms with van der Waals surface area (Å²) in [4.78, 5) is 34.7. The lowest BCUT2D eigenvalue weighted by Crippen LogP contribution is -2.55. The Bertz CT molecular complexity index is 908. The number of nitrogens with zero attached hydrogens (tertiary/aromatic N) is 5. The first-order valence-corrected chi connectivity index (χ1v) is 9.03. The smallest absolute Gasteiger partial charge is 0.407 e. The summed E-state index contributed by atoms with van der Waals surface area (Å²) in [5, 5.41) is 24.0. The molecule has 2 saturated heterocycles. The number of pyridine rings is 2. The number of aryl methyl sites for hydroxylation is 1. The van der Waals surface area contributed by atoms with Crippen molar-refractivity contribution in [2.75, 3.05) is 23.3 Å². The van der Waals surface area contributed by atoms with Crippen LogP contribution in [0.15, 0.2) is 30.6 Å². The second-order valence-electron chi connectivity index (χ2n) is 7.09. The lowest BCUT2D eigenvalue weighted by atomic mass is 10.1. The van der Waals surface area contributed by atoms with E-state index in [0.717, 1.165) is 12.8 Å². The largest absolute Gasteiger partial charge is 0.465 e. The van der Waals surface area contributed by atoms with Crippen LogP contribution >= 0.6 is 0 Å². The first kappa shape index (κ1) is 18.0. The topological polar surface area (TPSA) is 125 Å². The summed E-state index contributed by atoms with van der Waals surface area (Å²) >= 11 is 0. The van der Waals surface area contributed by atoms with Crippen molar-refractivity contribution >= 4 is 29.1 Å². The van der Waals surface area contributed by atoms with E-state index < -0.39 is 11.0 Å². The third kappa shape index (κ3) is 3.17. The van der Waals surface area contributed by atoms with Gasteiger partial charge >= 0.3 is 11.8 Å². The summed E-state index contributed by atoms with van der Waals surface area (Å²) in [6, 6.07) is 4.96. The Morgan fingerprint density at radius 1 is 1.29 bits per heavy atom. The minimum atomic E-state index is -0.889. The second kappa shape index (κ2) is 6.95. The van der Waals surface area contributed by atoms with Crippen molar-refractivity contribution < 1.29 is 14.8 Å². The monoisotopic (exact) mass is 384 g/mol. The predicted octanol–water partition coefficient (Wildman–Crippen LogP) is 2.77.